The van der Waals surface area contributed by atoms with Gasteiger partial charge < -0.3 is 19.5 Å². The average molecular weight is 485 g/mol. The number of aromatic amines is 1. The number of nitrogens with one attached hydrogen (secondary N) is 1. The van der Waals surface area contributed by atoms with Gasteiger partial charge in [-0.3, -0.25) is 0 Å². The second-order valence-corrected chi connectivity index (χ2v) is 9.08. The van der Waals surface area contributed by atoms with E-state index in [1.54, 1.807) is 19.2 Å². The molecule has 0 atom stereocenters. The van der Waals surface area contributed by atoms with Gasteiger partial charge in [-0.05, 0) is 87.1 Å². The van der Waals surface area contributed by atoms with Crippen LogP contribution in [0.15, 0.2) is 71.9 Å². The van der Waals surface area contributed by atoms with E-state index in [4.69, 9.17) is 14.6 Å². The van der Waals surface area contributed by atoms with E-state index in [1.165, 1.54) is 17.7 Å². The summed E-state index contributed by atoms with van der Waals surface area (Å²) in [6.07, 6.45) is 1.76. The Morgan fingerprint density at radius 2 is 1.67 bits per heavy atom. The molecule has 4 aromatic rings. The molecule has 1 N–H and O–H groups in total. The van der Waals surface area contributed by atoms with Crippen LogP contribution in [0.5, 0.6) is 5.75 Å². The van der Waals surface area contributed by atoms with E-state index in [1.807, 2.05) is 38.4 Å². The van der Waals surface area contributed by atoms with Crippen LogP contribution in [0.25, 0.3) is 33.9 Å². The molecule has 0 bridgehead atoms. The SMILES string of the molecule is CON=C1CCc2cc(-c3nc(-c4ccc(OCCN(C)C)cc4)[nH]c3-c3ccc(F)cc3)ccc21. The van der Waals surface area contributed by atoms with E-state index in [-0.39, 0.29) is 5.82 Å². The quantitative estimate of drug-likeness (QED) is 0.322. The molecule has 0 amide bonds. The summed E-state index contributed by atoms with van der Waals surface area (Å²) < 4.78 is 19.5. The summed E-state index contributed by atoms with van der Waals surface area (Å²) in [6.45, 7) is 1.48. The number of hydrogen-bond acceptors (Lipinski definition) is 5. The Balaban J connectivity index is 1.51. The fourth-order valence-corrected chi connectivity index (χ4v) is 4.42. The lowest BCUT2D eigenvalue weighted by atomic mass is 10.0. The lowest BCUT2D eigenvalue weighted by molar-refractivity contribution is 0.213. The molecule has 0 fully saturated rings. The van der Waals surface area contributed by atoms with Crippen LogP contribution in [0.4, 0.5) is 4.39 Å². The summed E-state index contributed by atoms with van der Waals surface area (Å²) in [5, 5.41) is 4.17. The van der Waals surface area contributed by atoms with Crippen LogP contribution in [0.2, 0.25) is 0 Å². The van der Waals surface area contributed by atoms with Crippen molar-refractivity contribution in [3.8, 4) is 39.7 Å². The smallest absolute Gasteiger partial charge is 0.138 e. The predicted molar refractivity (Wildman–Crippen MR) is 141 cm³/mol. The summed E-state index contributed by atoms with van der Waals surface area (Å²) >= 11 is 0. The normalized spacial score (nSPS) is 13.9. The number of halogens is 1. The Hall–Kier alpha value is -3.97. The zero-order valence-corrected chi connectivity index (χ0v) is 20.7. The Kier molecular flexibility index (Phi) is 6.82. The van der Waals surface area contributed by atoms with Crippen LogP contribution < -0.4 is 4.74 Å². The lowest BCUT2D eigenvalue weighted by Gasteiger charge is -2.11. The minimum Gasteiger partial charge on any atom is -0.492 e. The molecule has 0 spiro atoms. The van der Waals surface area contributed by atoms with Crippen molar-refractivity contribution in [2.45, 2.75) is 12.8 Å². The van der Waals surface area contributed by atoms with Gasteiger partial charge in [-0.25, -0.2) is 9.37 Å². The van der Waals surface area contributed by atoms with Gasteiger partial charge in [0.15, 0.2) is 0 Å². The number of nitrogens with zero attached hydrogens (tertiary/aromatic N) is 3. The molecule has 36 heavy (non-hydrogen) atoms. The topological polar surface area (TPSA) is 62.7 Å². The standard InChI is InChI=1S/C29H29FN4O2/c1-34(2)16-17-36-24-12-6-20(7-13-24)29-31-27(19-4-10-23(30)11-5-19)28(32-29)22-8-14-25-21(18-22)9-15-26(25)33-35-3/h4-8,10-14,18H,9,15-17H2,1-3H3,(H,31,32). The molecule has 5 rings (SSSR count). The van der Waals surface area contributed by atoms with E-state index in [0.717, 1.165) is 70.3 Å². The first-order valence-corrected chi connectivity index (χ1v) is 12.0. The third-order valence-electron chi connectivity index (χ3n) is 6.29. The number of aromatic nitrogens is 2. The maximum absolute atomic E-state index is 13.7. The van der Waals surface area contributed by atoms with Crippen LogP contribution in [-0.2, 0) is 11.3 Å². The highest BCUT2D eigenvalue weighted by Gasteiger charge is 2.21. The number of likely N-dealkylation sites (N-methyl/N-ethyl adjacent to an activating group) is 1. The monoisotopic (exact) mass is 484 g/mol. The maximum Gasteiger partial charge on any atom is 0.138 e. The molecule has 3 aromatic carbocycles. The van der Waals surface area contributed by atoms with E-state index >= 15 is 0 Å². The Labute approximate surface area is 210 Å². The molecule has 0 radical (unpaired) electrons. The van der Waals surface area contributed by atoms with Crippen molar-refractivity contribution in [2.75, 3.05) is 34.4 Å². The molecule has 184 valence electrons. The maximum atomic E-state index is 13.7. The number of ether oxygens (including phenoxy) is 1. The second-order valence-electron chi connectivity index (χ2n) is 9.08. The fourth-order valence-electron chi connectivity index (χ4n) is 4.42. The second kappa shape index (κ2) is 10.3. The Bertz CT molecular complexity index is 1380. The van der Waals surface area contributed by atoms with Crippen molar-refractivity contribution in [1.29, 1.82) is 0 Å². The fraction of sp³-hybridized carbons (Fsp3) is 0.241. The zero-order chi connectivity index (χ0) is 25.1. The molecular weight excluding hydrogens is 455 g/mol. The number of imidazole rings is 1. The van der Waals surface area contributed by atoms with E-state index in [0.29, 0.717) is 6.61 Å². The summed E-state index contributed by atoms with van der Waals surface area (Å²) in [5.41, 5.74) is 7.78. The minimum atomic E-state index is -0.271. The van der Waals surface area contributed by atoms with Gasteiger partial charge in [0.05, 0.1) is 17.1 Å². The number of benzene rings is 3. The Morgan fingerprint density at radius 3 is 2.39 bits per heavy atom. The van der Waals surface area contributed by atoms with E-state index in [9.17, 15) is 4.39 Å². The van der Waals surface area contributed by atoms with Crippen molar-refractivity contribution < 1.29 is 14.0 Å². The zero-order valence-electron chi connectivity index (χ0n) is 20.7. The minimum absolute atomic E-state index is 0.271. The van der Waals surface area contributed by atoms with Crippen molar-refractivity contribution in [3.05, 3.63) is 83.7 Å². The van der Waals surface area contributed by atoms with Crippen LogP contribution in [-0.4, -0.2) is 54.9 Å². The molecule has 7 heteroatoms. The number of fused-ring (bicyclic) bond motifs is 1. The number of oxime groups is 1. The summed E-state index contributed by atoms with van der Waals surface area (Å²) in [5.74, 6) is 1.29. The predicted octanol–water partition coefficient (Wildman–Crippen LogP) is 5.79. The van der Waals surface area contributed by atoms with Crippen molar-refractivity contribution in [3.63, 3.8) is 0 Å². The highest BCUT2D eigenvalue weighted by Crippen LogP contribution is 2.36. The van der Waals surface area contributed by atoms with Crippen molar-refractivity contribution in [1.82, 2.24) is 14.9 Å². The molecule has 1 aromatic heterocycles. The first kappa shape index (κ1) is 23.8. The van der Waals surface area contributed by atoms with Gasteiger partial charge in [-0.15, -0.1) is 0 Å². The van der Waals surface area contributed by atoms with Gasteiger partial charge in [-0.2, -0.15) is 0 Å². The highest BCUT2D eigenvalue weighted by molar-refractivity contribution is 6.04. The first-order chi connectivity index (χ1) is 17.5. The van der Waals surface area contributed by atoms with Gasteiger partial charge in [0.1, 0.15) is 31.1 Å². The summed E-state index contributed by atoms with van der Waals surface area (Å²) in [6, 6.07) is 20.7. The van der Waals surface area contributed by atoms with Crippen LogP contribution in [0.3, 0.4) is 0 Å². The van der Waals surface area contributed by atoms with E-state index < -0.39 is 0 Å². The summed E-state index contributed by atoms with van der Waals surface area (Å²) in [7, 11) is 5.61. The van der Waals surface area contributed by atoms with Crippen LogP contribution in [0.1, 0.15) is 17.5 Å². The number of aryl methyl sites for hydroxylation is 1. The molecule has 0 aliphatic heterocycles. The van der Waals surface area contributed by atoms with Crippen molar-refractivity contribution in [2.24, 2.45) is 5.16 Å². The molecule has 0 saturated heterocycles. The third kappa shape index (κ3) is 5.02. The number of rotatable bonds is 8. The number of H-pyrrole nitrogens is 1. The molecular formula is C29H29FN4O2. The van der Waals surface area contributed by atoms with Crippen LogP contribution in [0, 0.1) is 5.82 Å². The molecule has 1 aliphatic rings. The van der Waals surface area contributed by atoms with E-state index in [2.05, 4.69) is 33.2 Å². The average Bonchev–Trinajstić information content (AvgIpc) is 3.50. The van der Waals surface area contributed by atoms with Gasteiger partial charge in [0, 0.05) is 28.8 Å². The lowest BCUT2D eigenvalue weighted by Crippen LogP contribution is -2.19. The molecule has 6 nitrogen and oxygen atoms in total. The number of hydrogen-bond donors (Lipinski definition) is 1. The third-order valence-corrected chi connectivity index (χ3v) is 6.29. The molecule has 0 unspecified atom stereocenters. The van der Waals surface area contributed by atoms with Crippen LogP contribution >= 0.6 is 0 Å². The van der Waals surface area contributed by atoms with Crippen molar-refractivity contribution >= 4 is 5.71 Å². The largest absolute Gasteiger partial charge is 0.492 e. The molecule has 0 saturated carbocycles. The molecule has 1 aliphatic carbocycles. The van der Waals surface area contributed by atoms with Gasteiger partial charge in [-0.1, -0.05) is 17.3 Å². The highest BCUT2D eigenvalue weighted by atomic mass is 19.1. The first-order valence-electron chi connectivity index (χ1n) is 12.0. The van der Waals surface area contributed by atoms with Gasteiger partial charge in [0.2, 0.25) is 0 Å². The summed E-state index contributed by atoms with van der Waals surface area (Å²) in [4.78, 5) is 15.6. The van der Waals surface area contributed by atoms with Gasteiger partial charge in [0.25, 0.3) is 0 Å². The molecule has 1 heterocycles. The van der Waals surface area contributed by atoms with Gasteiger partial charge >= 0.3 is 0 Å². The Morgan fingerprint density at radius 1 is 0.944 bits per heavy atom.